The van der Waals surface area contributed by atoms with Crippen molar-refractivity contribution in [3.05, 3.63) is 65.5 Å². The molecule has 3 nitrogen and oxygen atoms in total. The number of hydrogen-bond acceptors (Lipinski definition) is 3. The van der Waals surface area contributed by atoms with Gasteiger partial charge in [0.15, 0.2) is 0 Å². The third-order valence-corrected chi connectivity index (χ3v) is 3.58. The smallest absolute Gasteiger partial charge is 0.128 e. The maximum Gasteiger partial charge on any atom is 0.128 e. The van der Waals surface area contributed by atoms with Crippen molar-refractivity contribution in [2.24, 2.45) is 0 Å². The Hall–Kier alpha value is -2.00. The van der Waals surface area contributed by atoms with Crippen LogP contribution in [0.2, 0.25) is 0 Å². The minimum absolute atomic E-state index is 0.0290. The Morgan fingerprint density at radius 3 is 2.68 bits per heavy atom. The minimum Gasteiger partial charge on any atom is -0.389 e. The molecule has 2 heterocycles. The molecule has 2 aliphatic rings. The lowest BCUT2D eigenvalue weighted by Crippen LogP contribution is -2.39. The third kappa shape index (κ3) is 2.17. The first-order valence-corrected chi connectivity index (χ1v) is 6.54. The SMILES string of the molecule is Cc1ccc(C2=CN3C=CC=C([C@@H](C)O)[C@@H]3N2)cc1. The standard InChI is InChI=1S/C16H18N2O/c1-11-5-7-13(8-6-11)15-10-18-9-3-4-14(12(2)19)16(18)17-15/h3-10,12,16-17,19H,1-2H3/t12-,16-/m1/s1. The zero-order valence-electron chi connectivity index (χ0n) is 11.2. The molecule has 0 amide bonds. The Labute approximate surface area is 113 Å². The Kier molecular flexibility index (Phi) is 2.91. The van der Waals surface area contributed by atoms with Gasteiger partial charge in [-0.05, 0) is 25.5 Å². The molecule has 3 rings (SSSR count). The van der Waals surface area contributed by atoms with E-state index in [0.717, 1.165) is 11.3 Å². The molecular weight excluding hydrogens is 236 g/mol. The number of nitrogens with zero attached hydrogens (tertiary/aromatic N) is 1. The van der Waals surface area contributed by atoms with Crippen molar-refractivity contribution in [2.45, 2.75) is 26.1 Å². The molecule has 0 fully saturated rings. The van der Waals surface area contributed by atoms with Gasteiger partial charge in [0.05, 0.1) is 11.8 Å². The Morgan fingerprint density at radius 2 is 2.00 bits per heavy atom. The van der Waals surface area contributed by atoms with Gasteiger partial charge in [-0.1, -0.05) is 35.9 Å². The predicted molar refractivity (Wildman–Crippen MR) is 76.8 cm³/mol. The van der Waals surface area contributed by atoms with Crippen LogP contribution in [-0.2, 0) is 0 Å². The highest BCUT2D eigenvalue weighted by atomic mass is 16.3. The topological polar surface area (TPSA) is 35.5 Å². The number of aryl methyl sites for hydroxylation is 1. The van der Waals surface area contributed by atoms with Crippen molar-refractivity contribution in [1.82, 2.24) is 10.2 Å². The molecule has 0 aromatic heterocycles. The van der Waals surface area contributed by atoms with Crippen LogP contribution in [0.15, 0.2) is 54.4 Å². The highest BCUT2D eigenvalue weighted by molar-refractivity contribution is 5.67. The fourth-order valence-corrected chi connectivity index (χ4v) is 2.47. The number of aliphatic hydroxyl groups excluding tert-OH is 1. The van der Waals surface area contributed by atoms with E-state index < -0.39 is 6.10 Å². The maximum absolute atomic E-state index is 9.83. The Balaban J connectivity index is 1.87. The average molecular weight is 254 g/mol. The van der Waals surface area contributed by atoms with Crippen LogP contribution in [0.3, 0.4) is 0 Å². The van der Waals surface area contributed by atoms with Gasteiger partial charge in [-0.25, -0.2) is 0 Å². The van der Waals surface area contributed by atoms with Crippen LogP contribution in [0.4, 0.5) is 0 Å². The maximum atomic E-state index is 9.83. The molecular formula is C16H18N2O. The van der Waals surface area contributed by atoms with Crippen molar-refractivity contribution in [1.29, 1.82) is 0 Å². The van der Waals surface area contributed by atoms with Gasteiger partial charge in [-0.2, -0.15) is 0 Å². The molecule has 19 heavy (non-hydrogen) atoms. The summed E-state index contributed by atoms with van der Waals surface area (Å²) in [6, 6.07) is 8.44. The van der Waals surface area contributed by atoms with Crippen molar-refractivity contribution in [3.8, 4) is 0 Å². The van der Waals surface area contributed by atoms with Gasteiger partial charge in [-0.3, -0.25) is 0 Å². The number of benzene rings is 1. The van der Waals surface area contributed by atoms with Crippen molar-refractivity contribution in [2.75, 3.05) is 0 Å². The minimum atomic E-state index is -0.448. The van der Waals surface area contributed by atoms with Crippen LogP contribution in [0, 0.1) is 6.92 Å². The van der Waals surface area contributed by atoms with Gasteiger partial charge in [0.1, 0.15) is 6.17 Å². The molecule has 0 aliphatic carbocycles. The van der Waals surface area contributed by atoms with E-state index in [4.69, 9.17) is 0 Å². The van der Waals surface area contributed by atoms with Crippen LogP contribution in [-0.4, -0.2) is 22.3 Å². The van der Waals surface area contributed by atoms with Gasteiger partial charge in [0.2, 0.25) is 0 Å². The lowest BCUT2D eigenvalue weighted by molar-refractivity contribution is 0.206. The first-order valence-electron chi connectivity index (χ1n) is 6.54. The number of aliphatic hydroxyl groups is 1. The molecule has 2 atom stereocenters. The molecule has 0 saturated carbocycles. The van der Waals surface area contributed by atoms with Crippen LogP contribution in [0.1, 0.15) is 18.1 Å². The number of fused-ring (bicyclic) bond motifs is 1. The largest absolute Gasteiger partial charge is 0.389 e. The lowest BCUT2D eigenvalue weighted by atomic mass is 10.1. The molecule has 2 aliphatic heterocycles. The molecule has 3 heteroatoms. The lowest BCUT2D eigenvalue weighted by Gasteiger charge is -2.29. The molecule has 0 unspecified atom stereocenters. The summed E-state index contributed by atoms with van der Waals surface area (Å²) in [6.07, 6.45) is 7.63. The van der Waals surface area contributed by atoms with E-state index in [1.165, 1.54) is 11.1 Å². The van der Waals surface area contributed by atoms with Gasteiger partial charge in [-0.15, -0.1) is 0 Å². The molecule has 1 aromatic rings. The molecule has 2 N–H and O–H groups in total. The second-order valence-corrected chi connectivity index (χ2v) is 5.09. The fraction of sp³-hybridized carbons (Fsp3) is 0.250. The van der Waals surface area contributed by atoms with E-state index in [0.29, 0.717) is 0 Å². The number of nitrogens with one attached hydrogen (secondary N) is 1. The summed E-state index contributed by atoms with van der Waals surface area (Å²) >= 11 is 0. The second kappa shape index (κ2) is 4.59. The molecule has 1 aromatic carbocycles. The summed E-state index contributed by atoms with van der Waals surface area (Å²) in [5.41, 5.74) is 4.49. The molecule has 0 radical (unpaired) electrons. The average Bonchev–Trinajstić information content (AvgIpc) is 2.82. The highest BCUT2D eigenvalue weighted by Gasteiger charge is 2.29. The summed E-state index contributed by atoms with van der Waals surface area (Å²) in [7, 11) is 0. The second-order valence-electron chi connectivity index (χ2n) is 5.09. The van der Waals surface area contributed by atoms with Crippen LogP contribution in [0.5, 0.6) is 0 Å². The third-order valence-electron chi connectivity index (χ3n) is 3.58. The summed E-state index contributed by atoms with van der Waals surface area (Å²) in [4.78, 5) is 2.09. The van der Waals surface area contributed by atoms with E-state index in [-0.39, 0.29) is 6.17 Å². The zero-order chi connectivity index (χ0) is 13.4. The van der Waals surface area contributed by atoms with E-state index in [1.807, 2.05) is 18.4 Å². The van der Waals surface area contributed by atoms with Crippen molar-refractivity contribution >= 4 is 5.70 Å². The van der Waals surface area contributed by atoms with Gasteiger partial charge in [0, 0.05) is 18.0 Å². The van der Waals surface area contributed by atoms with E-state index in [9.17, 15) is 5.11 Å². The Bertz CT molecular complexity index is 567. The fourth-order valence-electron chi connectivity index (χ4n) is 2.47. The summed E-state index contributed by atoms with van der Waals surface area (Å²) < 4.78 is 0. The predicted octanol–water partition coefficient (Wildman–Crippen LogP) is 2.36. The first kappa shape index (κ1) is 12.1. The number of allylic oxidation sites excluding steroid dienone is 2. The summed E-state index contributed by atoms with van der Waals surface area (Å²) in [5, 5.41) is 13.3. The van der Waals surface area contributed by atoms with Crippen molar-refractivity contribution in [3.63, 3.8) is 0 Å². The van der Waals surface area contributed by atoms with Crippen LogP contribution in [0.25, 0.3) is 5.70 Å². The molecule has 0 spiro atoms. The quantitative estimate of drug-likeness (QED) is 0.850. The summed E-state index contributed by atoms with van der Waals surface area (Å²) in [6.45, 7) is 3.88. The van der Waals surface area contributed by atoms with E-state index in [1.54, 1.807) is 6.92 Å². The van der Waals surface area contributed by atoms with E-state index >= 15 is 0 Å². The summed E-state index contributed by atoms with van der Waals surface area (Å²) in [5.74, 6) is 0. The van der Waals surface area contributed by atoms with Gasteiger partial charge in [0.25, 0.3) is 0 Å². The molecule has 98 valence electrons. The molecule has 0 bridgehead atoms. The number of rotatable bonds is 2. The molecule has 0 saturated heterocycles. The monoisotopic (exact) mass is 254 g/mol. The normalized spacial score (nSPS) is 22.5. The van der Waals surface area contributed by atoms with Crippen LogP contribution < -0.4 is 5.32 Å². The van der Waals surface area contributed by atoms with Gasteiger partial charge < -0.3 is 15.3 Å². The highest BCUT2D eigenvalue weighted by Crippen LogP contribution is 2.28. The van der Waals surface area contributed by atoms with Gasteiger partial charge >= 0.3 is 0 Å². The van der Waals surface area contributed by atoms with Crippen molar-refractivity contribution < 1.29 is 5.11 Å². The Morgan fingerprint density at radius 1 is 1.26 bits per heavy atom. The number of hydrogen-bond donors (Lipinski definition) is 2. The van der Waals surface area contributed by atoms with Crippen LogP contribution >= 0.6 is 0 Å². The van der Waals surface area contributed by atoms with E-state index in [2.05, 4.69) is 47.6 Å². The zero-order valence-corrected chi connectivity index (χ0v) is 11.2. The first-order chi connectivity index (χ1) is 9.15.